The molecule has 0 aliphatic carbocycles. The Morgan fingerprint density at radius 3 is 2.25 bits per heavy atom. The van der Waals surface area contributed by atoms with E-state index in [0.29, 0.717) is 0 Å². The Bertz CT molecular complexity index is 424. The number of ketones is 1. The van der Waals surface area contributed by atoms with Crippen molar-refractivity contribution in [2.45, 2.75) is 3.79 Å². The highest BCUT2D eigenvalue weighted by atomic mass is 35.6. The van der Waals surface area contributed by atoms with Crippen LogP contribution in [0.2, 0.25) is 0 Å². The van der Waals surface area contributed by atoms with E-state index in [1.54, 1.807) is 0 Å². The van der Waals surface area contributed by atoms with E-state index in [4.69, 9.17) is 34.8 Å². The van der Waals surface area contributed by atoms with Gasteiger partial charge in [0.2, 0.25) is 5.78 Å². The van der Waals surface area contributed by atoms with Crippen LogP contribution in [0.15, 0.2) is 24.3 Å². The van der Waals surface area contributed by atoms with Gasteiger partial charge in [-0.05, 0) is 12.1 Å². The average Bonchev–Trinajstić information content (AvgIpc) is 2.26. The number of benzene rings is 1. The number of ether oxygens (including phenoxy) is 1. The van der Waals surface area contributed by atoms with Crippen molar-refractivity contribution in [3.05, 3.63) is 35.4 Å². The van der Waals surface area contributed by atoms with Gasteiger partial charge in [0, 0.05) is 5.56 Å². The number of methoxy groups -OCH3 is 1. The highest BCUT2D eigenvalue weighted by Crippen LogP contribution is 2.30. The van der Waals surface area contributed by atoms with E-state index in [2.05, 4.69) is 4.74 Å². The van der Waals surface area contributed by atoms with E-state index in [9.17, 15) is 9.59 Å². The van der Waals surface area contributed by atoms with E-state index >= 15 is 0 Å². The lowest BCUT2D eigenvalue weighted by atomic mass is 10.1. The SMILES string of the molecule is COC(=O)c1cccc(C(=O)C(Cl)(Cl)Cl)c1. The summed E-state index contributed by atoms with van der Waals surface area (Å²) < 4.78 is 2.47. The summed E-state index contributed by atoms with van der Waals surface area (Å²) in [5.41, 5.74) is 0.366. The molecule has 3 nitrogen and oxygen atoms in total. The Hall–Kier alpha value is -0.770. The molecule has 0 spiro atoms. The monoisotopic (exact) mass is 280 g/mol. The van der Waals surface area contributed by atoms with Crippen LogP contribution >= 0.6 is 34.8 Å². The van der Waals surface area contributed by atoms with Crippen molar-refractivity contribution in [2.75, 3.05) is 7.11 Å². The molecule has 16 heavy (non-hydrogen) atoms. The average molecular weight is 282 g/mol. The number of carbonyl (C=O) groups excluding carboxylic acids is 2. The molecule has 86 valence electrons. The zero-order valence-corrected chi connectivity index (χ0v) is 10.4. The van der Waals surface area contributed by atoms with Crippen molar-refractivity contribution in [1.82, 2.24) is 0 Å². The quantitative estimate of drug-likeness (QED) is 0.475. The molecule has 0 aliphatic rings. The lowest BCUT2D eigenvalue weighted by molar-refractivity contribution is 0.0600. The molecule has 0 atom stereocenters. The maximum atomic E-state index is 11.6. The van der Waals surface area contributed by atoms with Gasteiger partial charge in [0.1, 0.15) is 0 Å². The van der Waals surface area contributed by atoms with Gasteiger partial charge in [-0.3, -0.25) is 4.79 Å². The first kappa shape index (κ1) is 13.3. The second-order valence-electron chi connectivity index (χ2n) is 2.90. The van der Waals surface area contributed by atoms with E-state index < -0.39 is 15.5 Å². The minimum absolute atomic E-state index is 0.142. The summed E-state index contributed by atoms with van der Waals surface area (Å²) in [4.78, 5) is 22.8. The minimum Gasteiger partial charge on any atom is -0.465 e. The summed E-state index contributed by atoms with van der Waals surface area (Å²) in [6.45, 7) is 0. The van der Waals surface area contributed by atoms with Crippen molar-refractivity contribution in [3.8, 4) is 0 Å². The maximum absolute atomic E-state index is 11.6. The van der Waals surface area contributed by atoms with Crippen molar-refractivity contribution < 1.29 is 14.3 Å². The molecular formula is C10H7Cl3O3. The lowest BCUT2D eigenvalue weighted by Gasteiger charge is -2.09. The third kappa shape index (κ3) is 3.11. The number of esters is 1. The molecule has 6 heteroatoms. The van der Waals surface area contributed by atoms with E-state index in [1.165, 1.54) is 31.4 Å². The first-order valence-corrected chi connectivity index (χ1v) is 5.29. The molecule has 0 aliphatic heterocycles. The molecule has 0 radical (unpaired) electrons. The van der Waals surface area contributed by atoms with Crippen LogP contribution in [-0.4, -0.2) is 22.7 Å². The first-order chi connectivity index (χ1) is 7.36. The maximum Gasteiger partial charge on any atom is 0.337 e. The highest BCUT2D eigenvalue weighted by molar-refractivity contribution is 6.77. The number of rotatable bonds is 2. The molecule has 0 unspecified atom stereocenters. The van der Waals surface area contributed by atoms with Gasteiger partial charge in [0.25, 0.3) is 3.79 Å². The van der Waals surface area contributed by atoms with Crippen LogP contribution in [0, 0.1) is 0 Å². The normalized spacial score (nSPS) is 11.0. The number of alkyl halides is 3. The number of hydrogen-bond donors (Lipinski definition) is 0. The number of hydrogen-bond acceptors (Lipinski definition) is 3. The van der Waals surface area contributed by atoms with Crippen molar-refractivity contribution >= 4 is 46.6 Å². The first-order valence-electron chi connectivity index (χ1n) is 4.16. The molecule has 0 amide bonds. The molecule has 0 saturated carbocycles. The summed E-state index contributed by atoms with van der Waals surface area (Å²) in [5.74, 6) is -1.25. The summed E-state index contributed by atoms with van der Waals surface area (Å²) in [6, 6.07) is 5.78. The third-order valence-electron chi connectivity index (χ3n) is 1.80. The van der Waals surface area contributed by atoms with Gasteiger partial charge in [-0.25, -0.2) is 4.79 Å². The Labute approximate surface area is 107 Å². The Kier molecular flexibility index (Phi) is 4.19. The fraction of sp³-hybridized carbons (Fsp3) is 0.200. The molecule has 0 saturated heterocycles. The summed E-state index contributed by atoms with van der Waals surface area (Å²) >= 11 is 16.3. The fourth-order valence-electron chi connectivity index (χ4n) is 1.07. The second kappa shape index (κ2) is 5.04. The molecule has 0 bridgehead atoms. The second-order valence-corrected chi connectivity index (χ2v) is 5.18. The van der Waals surface area contributed by atoms with E-state index in [1.807, 2.05) is 0 Å². The molecule has 0 fully saturated rings. The van der Waals surface area contributed by atoms with E-state index in [0.717, 1.165) is 0 Å². The lowest BCUT2D eigenvalue weighted by Crippen LogP contribution is -2.19. The van der Waals surface area contributed by atoms with Gasteiger partial charge in [0.05, 0.1) is 12.7 Å². The molecule has 0 aromatic heterocycles. The Balaban J connectivity index is 3.09. The predicted octanol–water partition coefficient (Wildman–Crippen LogP) is 3.03. The summed E-state index contributed by atoms with van der Waals surface area (Å²) in [5, 5.41) is 0. The van der Waals surface area contributed by atoms with Gasteiger partial charge < -0.3 is 4.74 Å². The molecule has 1 rings (SSSR count). The van der Waals surface area contributed by atoms with E-state index in [-0.39, 0.29) is 11.1 Å². The zero-order valence-electron chi connectivity index (χ0n) is 8.17. The van der Waals surface area contributed by atoms with Crippen LogP contribution in [-0.2, 0) is 4.74 Å². The third-order valence-corrected chi connectivity index (χ3v) is 2.32. The Morgan fingerprint density at radius 2 is 1.75 bits per heavy atom. The van der Waals surface area contributed by atoms with Crippen molar-refractivity contribution in [1.29, 1.82) is 0 Å². The topological polar surface area (TPSA) is 43.4 Å². The fourth-order valence-corrected chi connectivity index (χ4v) is 1.40. The van der Waals surface area contributed by atoms with Gasteiger partial charge in [-0.2, -0.15) is 0 Å². The standard InChI is InChI=1S/C10H7Cl3O3/c1-16-9(15)7-4-2-3-6(5-7)8(14)10(11,12)13/h2-5H,1H3. The molecule has 1 aromatic rings. The minimum atomic E-state index is -2.03. The summed E-state index contributed by atoms with van der Waals surface area (Å²) in [7, 11) is 1.24. The van der Waals surface area contributed by atoms with Gasteiger partial charge in [-0.15, -0.1) is 0 Å². The van der Waals surface area contributed by atoms with Crippen LogP contribution in [0.4, 0.5) is 0 Å². The molecule has 1 aromatic carbocycles. The van der Waals surface area contributed by atoms with Gasteiger partial charge >= 0.3 is 5.97 Å². The van der Waals surface area contributed by atoms with Crippen molar-refractivity contribution in [3.63, 3.8) is 0 Å². The van der Waals surface area contributed by atoms with Gasteiger partial charge in [0.15, 0.2) is 0 Å². The molecule has 0 N–H and O–H groups in total. The van der Waals surface area contributed by atoms with Crippen LogP contribution in [0.25, 0.3) is 0 Å². The summed E-state index contributed by atoms with van der Waals surface area (Å²) in [6.07, 6.45) is 0. The Morgan fingerprint density at radius 1 is 1.19 bits per heavy atom. The van der Waals surface area contributed by atoms with Crippen LogP contribution in [0.5, 0.6) is 0 Å². The highest BCUT2D eigenvalue weighted by Gasteiger charge is 2.31. The number of Topliss-reactive ketones (excluding diaryl/α,β-unsaturated/α-hetero) is 1. The number of halogens is 3. The number of carbonyl (C=O) groups is 2. The molecule has 0 heterocycles. The van der Waals surface area contributed by atoms with Gasteiger partial charge in [-0.1, -0.05) is 46.9 Å². The smallest absolute Gasteiger partial charge is 0.337 e. The largest absolute Gasteiger partial charge is 0.465 e. The van der Waals surface area contributed by atoms with Crippen LogP contribution in [0.3, 0.4) is 0 Å². The van der Waals surface area contributed by atoms with Crippen LogP contribution in [0.1, 0.15) is 20.7 Å². The zero-order chi connectivity index (χ0) is 12.3. The molecular weight excluding hydrogens is 274 g/mol. The predicted molar refractivity (Wildman–Crippen MR) is 62.4 cm³/mol. The van der Waals surface area contributed by atoms with Crippen LogP contribution < -0.4 is 0 Å². The van der Waals surface area contributed by atoms with Crippen molar-refractivity contribution in [2.24, 2.45) is 0 Å².